The van der Waals surface area contributed by atoms with Crippen molar-refractivity contribution in [2.45, 2.75) is 64.0 Å². The Kier molecular flexibility index (Phi) is 3.05. The van der Waals surface area contributed by atoms with Crippen LogP contribution in [0.25, 0.3) is 0 Å². The Bertz CT molecular complexity index is 181. The monoisotopic (exact) mass is 179 g/mol. The number of nitrogens with one attached hydrogen (secondary N) is 1. The molecule has 0 aromatic carbocycles. The van der Waals surface area contributed by atoms with Crippen molar-refractivity contribution in [3.05, 3.63) is 11.6 Å². The number of allylic oxidation sites excluding steroid dienone is 1. The summed E-state index contributed by atoms with van der Waals surface area (Å²) in [6.07, 6.45) is 12.0. The van der Waals surface area contributed by atoms with Gasteiger partial charge in [0.25, 0.3) is 0 Å². The van der Waals surface area contributed by atoms with E-state index in [1.807, 2.05) is 0 Å². The molecule has 2 saturated heterocycles. The van der Waals surface area contributed by atoms with Gasteiger partial charge in [-0.25, -0.2) is 0 Å². The first kappa shape index (κ1) is 9.26. The molecule has 13 heavy (non-hydrogen) atoms. The Morgan fingerprint density at radius 1 is 1.31 bits per heavy atom. The first-order chi connectivity index (χ1) is 6.38. The largest absolute Gasteiger partial charge is 0.311 e. The summed E-state index contributed by atoms with van der Waals surface area (Å²) in [5.74, 6) is 0. The summed E-state index contributed by atoms with van der Waals surface area (Å²) in [7, 11) is 0. The van der Waals surface area contributed by atoms with Crippen LogP contribution in [-0.2, 0) is 0 Å². The summed E-state index contributed by atoms with van der Waals surface area (Å²) in [4.78, 5) is 0. The molecule has 74 valence electrons. The van der Waals surface area contributed by atoms with E-state index in [0.717, 1.165) is 12.1 Å². The summed E-state index contributed by atoms with van der Waals surface area (Å²) < 4.78 is 0. The van der Waals surface area contributed by atoms with Gasteiger partial charge in [-0.15, -0.1) is 0 Å². The SMILES string of the molecule is CCCCC=C1CC2CCC(C1)N2. The van der Waals surface area contributed by atoms with Crippen molar-refractivity contribution < 1.29 is 0 Å². The predicted molar refractivity (Wildman–Crippen MR) is 56.8 cm³/mol. The average molecular weight is 179 g/mol. The Morgan fingerprint density at radius 2 is 2.00 bits per heavy atom. The number of unbranched alkanes of at least 4 members (excludes halogenated alkanes) is 2. The Balaban J connectivity index is 1.84. The van der Waals surface area contributed by atoms with E-state index in [4.69, 9.17) is 0 Å². The minimum Gasteiger partial charge on any atom is -0.311 e. The van der Waals surface area contributed by atoms with Crippen LogP contribution in [0.2, 0.25) is 0 Å². The fourth-order valence-electron chi connectivity index (χ4n) is 2.62. The molecule has 1 heteroatoms. The van der Waals surface area contributed by atoms with E-state index in [9.17, 15) is 0 Å². The van der Waals surface area contributed by atoms with Crippen LogP contribution >= 0.6 is 0 Å². The van der Waals surface area contributed by atoms with Crippen molar-refractivity contribution in [2.24, 2.45) is 0 Å². The van der Waals surface area contributed by atoms with Gasteiger partial charge in [-0.1, -0.05) is 31.4 Å². The van der Waals surface area contributed by atoms with Crippen LogP contribution in [0.5, 0.6) is 0 Å². The minimum atomic E-state index is 0.826. The van der Waals surface area contributed by atoms with Gasteiger partial charge in [0.2, 0.25) is 0 Å². The normalized spacial score (nSPS) is 32.2. The molecule has 2 unspecified atom stereocenters. The molecule has 1 nitrogen and oxygen atoms in total. The van der Waals surface area contributed by atoms with Crippen molar-refractivity contribution in [1.82, 2.24) is 5.32 Å². The number of hydrogen-bond acceptors (Lipinski definition) is 1. The summed E-state index contributed by atoms with van der Waals surface area (Å²) in [6, 6.07) is 1.65. The molecule has 2 rings (SSSR count). The lowest BCUT2D eigenvalue weighted by Gasteiger charge is -2.23. The number of fused-ring (bicyclic) bond motifs is 2. The van der Waals surface area contributed by atoms with E-state index >= 15 is 0 Å². The minimum absolute atomic E-state index is 0.826. The van der Waals surface area contributed by atoms with Crippen LogP contribution < -0.4 is 5.32 Å². The van der Waals surface area contributed by atoms with Gasteiger partial charge in [0, 0.05) is 12.1 Å². The summed E-state index contributed by atoms with van der Waals surface area (Å²) in [6.45, 7) is 2.27. The molecular formula is C12H21N. The van der Waals surface area contributed by atoms with Gasteiger partial charge in [-0.2, -0.15) is 0 Å². The van der Waals surface area contributed by atoms with E-state index in [1.54, 1.807) is 5.57 Å². The maximum Gasteiger partial charge on any atom is 0.0107 e. The van der Waals surface area contributed by atoms with Crippen LogP contribution in [0.3, 0.4) is 0 Å². The number of rotatable bonds is 3. The highest BCUT2D eigenvalue weighted by atomic mass is 15.0. The Morgan fingerprint density at radius 3 is 2.62 bits per heavy atom. The highest BCUT2D eigenvalue weighted by Crippen LogP contribution is 2.30. The quantitative estimate of drug-likeness (QED) is 0.519. The van der Waals surface area contributed by atoms with Crippen molar-refractivity contribution >= 4 is 0 Å². The molecule has 0 spiro atoms. The zero-order chi connectivity index (χ0) is 9.10. The summed E-state index contributed by atoms with van der Waals surface area (Å²) >= 11 is 0. The molecule has 2 aliphatic heterocycles. The van der Waals surface area contributed by atoms with Crippen molar-refractivity contribution in [3.8, 4) is 0 Å². The van der Waals surface area contributed by atoms with E-state index < -0.39 is 0 Å². The summed E-state index contributed by atoms with van der Waals surface area (Å²) in [5, 5.41) is 3.67. The zero-order valence-corrected chi connectivity index (χ0v) is 8.68. The molecule has 1 N–H and O–H groups in total. The Hall–Kier alpha value is -0.300. The topological polar surface area (TPSA) is 12.0 Å². The number of piperidine rings is 1. The first-order valence-electron chi connectivity index (χ1n) is 5.82. The molecule has 0 saturated carbocycles. The van der Waals surface area contributed by atoms with Crippen LogP contribution in [-0.4, -0.2) is 12.1 Å². The first-order valence-corrected chi connectivity index (χ1v) is 5.82. The molecule has 0 radical (unpaired) electrons. The van der Waals surface area contributed by atoms with Crippen molar-refractivity contribution in [3.63, 3.8) is 0 Å². The van der Waals surface area contributed by atoms with Crippen LogP contribution in [0.15, 0.2) is 11.6 Å². The van der Waals surface area contributed by atoms with Crippen LogP contribution in [0.4, 0.5) is 0 Å². The standard InChI is InChI=1S/C12H21N/c1-2-3-4-5-10-8-11-6-7-12(9-10)13-11/h5,11-13H,2-4,6-9H2,1H3. The van der Waals surface area contributed by atoms with Gasteiger partial charge >= 0.3 is 0 Å². The van der Waals surface area contributed by atoms with E-state index in [2.05, 4.69) is 18.3 Å². The zero-order valence-electron chi connectivity index (χ0n) is 8.68. The molecule has 0 aliphatic carbocycles. The maximum atomic E-state index is 3.67. The molecule has 0 amide bonds. The second kappa shape index (κ2) is 4.28. The third-order valence-electron chi connectivity index (χ3n) is 3.34. The second-order valence-corrected chi connectivity index (χ2v) is 4.55. The summed E-state index contributed by atoms with van der Waals surface area (Å²) in [5.41, 5.74) is 1.74. The van der Waals surface area contributed by atoms with Gasteiger partial charge in [-0.05, 0) is 32.1 Å². The smallest absolute Gasteiger partial charge is 0.0107 e. The van der Waals surface area contributed by atoms with Gasteiger partial charge in [0.15, 0.2) is 0 Å². The van der Waals surface area contributed by atoms with Gasteiger partial charge in [0.1, 0.15) is 0 Å². The fraction of sp³-hybridized carbons (Fsp3) is 0.833. The third-order valence-corrected chi connectivity index (χ3v) is 3.34. The molecule has 0 aromatic heterocycles. The van der Waals surface area contributed by atoms with E-state index in [0.29, 0.717) is 0 Å². The molecule has 2 bridgehead atoms. The van der Waals surface area contributed by atoms with Crippen molar-refractivity contribution in [1.29, 1.82) is 0 Å². The van der Waals surface area contributed by atoms with Gasteiger partial charge < -0.3 is 5.32 Å². The van der Waals surface area contributed by atoms with E-state index in [-0.39, 0.29) is 0 Å². The average Bonchev–Trinajstić information content (AvgIpc) is 2.46. The van der Waals surface area contributed by atoms with Crippen molar-refractivity contribution in [2.75, 3.05) is 0 Å². The second-order valence-electron chi connectivity index (χ2n) is 4.55. The maximum absolute atomic E-state index is 3.67. The molecule has 0 aromatic rings. The van der Waals surface area contributed by atoms with Crippen LogP contribution in [0.1, 0.15) is 51.9 Å². The van der Waals surface area contributed by atoms with Gasteiger partial charge in [0.05, 0.1) is 0 Å². The lowest BCUT2D eigenvalue weighted by atomic mass is 9.97. The van der Waals surface area contributed by atoms with E-state index in [1.165, 1.54) is 44.9 Å². The molecule has 2 atom stereocenters. The predicted octanol–water partition coefficient (Wildman–Crippen LogP) is 3.02. The van der Waals surface area contributed by atoms with Gasteiger partial charge in [-0.3, -0.25) is 0 Å². The fourth-order valence-corrected chi connectivity index (χ4v) is 2.62. The molecule has 2 aliphatic rings. The highest BCUT2D eigenvalue weighted by molar-refractivity contribution is 5.13. The van der Waals surface area contributed by atoms with Crippen LogP contribution in [0, 0.1) is 0 Å². The lowest BCUT2D eigenvalue weighted by Crippen LogP contribution is -2.34. The Labute approximate surface area is 81.6 Å². The molecular weight excluding hydrogens is 158 g/mol. The third kappa shape index (κ3) is 2.34. The highest BCUT2D eigenvalue weighted by Gasteiger charge is 2.29. The molecule has 2 fully saturated rings. The number of hydrogen-bond donors (Lipinski definition) is 1. The lowest BCUT2D eigenvalue weighted by molar-refractivity contribution is 0.472. The molecule has 2 heterocycles.